The van der Waals surface area contributed by atoms with Crippen LogP contribution in [0, 0.1) is 5.41 Å². The van der Waals surface area contributed by atoms with Crippen LogP contribution in [0.5, 0.6) is 0 Å². The predicted octanol–water partition coefficient (Wildman–Crippen LogP) is 1.62. The average Bonchev–Trinajstić information content (AvgIpc) is 2.53. The molecule has 5 nitrogen and oxygen atoms in total. The van der Waals surface area contributed by atoms with E-state index in [1.807, 2.05) is 25.7 Å². The first kappa shape index (κ1) is 14.6. The largest absolute Gasteiger partial charge is 0.444 e. The number of nitrogens with zero attached hydrogens (tertiary/aromatic N) is 1. The molecule has 2 aliphatic heterocycles. The van der Waals surface area contributed by atoms with Gasteiger partial charge in [0.1, 0.15) is 5.60 Å². The highest BCUT2D eigenvalue weighted by atomic mass is 16.6. The molecule has 2 heterocycles. The van der Waals surface area contributed by atoms with Gasteiger partial charge in [-0.15, -0.1) is 0 Å². The number of amides is 1. The van der Waals surface area contributed by atoms with Gasteiger partial charge < -0.3 is 19.7 Å². The molecule has 1 amide bonds. The quantitative estimate of drug-likeness (QED) is 0.727. The lowest BCUT2D eigenvalue weighted by atomic mass is 9.80. The smallest absolute Gasteiger partial charge is 0.410 e. The van der Waals surface area contributed by atoms with Gasteiger partial charge in [0.25, 0.3) is 0 Å². The van der Waals surface area contributed by atoms with Gasteiger partial charge in [-0.2, -0.15) is 0 Å². The number of nitrogens with one attached hydrogen (secondary N) is 1. The van der Waals surface area contributed by atoms with Gasteiger partial charge in [-0.05, 0) is 33.6 Å². The second kappa shape index (κ2) is 5.67. The van der Waals surface area contributed by atoms with E-state index in [1.165, 1.54) is 0 Å². The Bertz CT molecular complexity index is 317. The van der Waals surface area contributed by atoms with Crippen LogP contribution in [0.2, 0.25) is 0 Å². The number of carbonyl (C=O) groups excluding carboxylic acids is 1. The molecule has 0 aromatic rings. The number of rotatable bonds is 0. The van der Waals surface area contributed by atoms with Gasteiger partial charge in [0.2, 0.25) is 0 Å². The summed E-state index contributed by atoms with van der Waals surface area (Å²) in [7, 11) is 0. The maximum Gasteiger partial charge on any atom is 0.410 e. The molecule has 0 unspecified atom stereocenters. The number of likely N-dealkylation sites (tertiary alicyclic amines) is 1. The minimum absolute atomic E-state index is 0.0612. The van der Waals surface area contributed by atoms with E-state index in [2.05, 4.69) is 5.32 Å². The molecule has 0 aliphatic carbocycles. The summed E-state index contributed by atoms with van der Waals surface area (Å²) in [6.07, 6.45) is 1.93. The van der Waals surface area contributed by atoms with Crippen LogP contribution in [0.3, 0.4) is 0 Å². The second-order valence-electron chi connectivity index (χ2n) is 6.73. The van der Waals surface area contributed by atoms with Crippen LogP contribution in [0.4, 0.5) is 4.79 Å². The Kier molecular flexibility index (Phi) is 4.36. The van der Waals surface area contributed by atoms with Gasteiger partial charge in [-0.25, -0.2) is 4.79 Å². The summed E-state index contributed by atoms with van der Waals surface area (Å²) in [6, 6.07) is 0. The third-order valence-electron chi connectivity index (χ3n) is 3.64. The van der Waals surface area contributed by atoms with Crippen molar-refractivity contribution in [2.75, 3.05) is 39.4 Å². The van der Waals surface area contributed by atoms with E-state index in [-0.39, 0.29) is 11.5 Å². The molecule has 0 radical (unpaired) electrons. The minimum Gasteiger partial charge on any atom is -0.444 e. The zero-order chi connectivity index (χ0) is 13.9. The lowest BCUT2D eigenvalue weighted by Crippen LogP contribution is -2.52. The molecule has 0 bridgehead atoms. The molecule has 1 atom stereocenters. The minimum atomic E-state index is -0.431. The van der Waals surface area contributed by atoms with Gasteiger partial charge in [-0.3, -0.25) is 0 Å². The van der Waals surface area contributed by atoms with Gasteiger partial charge in [0.05, 0.1) is 13.2 Å². The average molecular weight is 270 g/mol. The van der Waals surface area contributed by atoms with E-state index in [0.717, 1.165) is 52.2 Å². The van der Waals surface area contributed by atoms with Crippen molar-refractivity contribution >= 4 is 6.09 Å². The first-order valence-electron chi connectivity index (χ1n) is 7.17. The van der Waals surface area contributed by atoms with E-state index in [4.69, 9.17) is 9.47 Å². The highest BCUT2D eigenvalue weighted by molar-refractivity contribution is 5.68. The Morgan fingerprint density at radius 1 is 1.42 bits per heavy atom. The Hall–Kier alpha value is -0.810. The van der Waals surface area contributed by atoms with Crippen molar-refractivity contribution in [3.63, 3.8) is 0 Å². The van der Waals surface area contributed by atoms with Crippen LogP contribution in [-0.2, 0) is 9.47 Å². The molecule has 2 saturated heterocycles. The van der Waals surface area contributed by atoms with E-state index >= 15 is 0 Å². The first-order valence-corrected chi connectivity index (χ1v) is 7.17. The molecule has 5 heteroatoms. The molecule has 1 spiro atoms. The van der Waals surface area contributed by atoms with Crippen molar-refractivity contribution in [1.29, 1.82) is 0 Å². The van der Waals surface area contributed by atoms with Crippen molar-refractivity contribution in [1.82, 2.24) is 10.2 Å². The second-order valence-corrected chi connectivity index (χ2v) is 6.73. The third kappa shape index (κ3) is 4.08. The fourth-order valence-corrected chi connectivity index (χ4v) is 2.79. The van der Waals surface area contributed by atoms with Crippen LogP contribution in [0.15, 0.2) is 0 Å². The number of ether oxygens (including phenoxy) is 2. The molecule has 0 aromatic heterocycles. The fraction of sp³-hybridized carbons (Fsp3) is 0.929. The lowest BCUT2D eigenvalue weighted by Gasteiger charge is -2.42. The van der Waals surface area contributed by atoms with Crippen LogP contribution < -0.4 is 5.32 Å². The van der Waals surface area contributed by atoms with E-state index in [9.17, 15) is 4.79 Å². The topological polar surface area (TPSA) is 50.8 Å². The molecule has 2 aliphatic rings. The zero-order valence-electron chi connectivity index (χ0n) is 12.3. The van der Waals surface area contributed by atoms with Gasteiger partial charge in [0.15, 0.2) is 0 Å². The summed E-state index contributed by atoms with van der Waals surface area (Å²) in [6.45, 7) is 10.5. The van der Waals surface area contributed by atoms with Crippen molar-refractivity contribution in [3.05, 3.63) is 0 Å². The summed E-state index contributed by atoms with van der Waals surface area (Å²) in [5.74, 6) is 0. The lowest BCUT2D eigenvalue weighted by molar-refractivity contribution is -0.0145. The highest BCUT2D eigenvalue weighted by Crippen LogP contribution is 2.31. The third-order valence-corrected chi connectivity index (χ3v) is 3.64. The summed E-state index contributed by atoms with van der Waals surface area (Å²) >= 11 is 0. The molecular formula is C14H26N2O3. The monoisotopic (exact) mass is 270 g/mol. The molecule has 2 rings (SSSR count). The number of hydrogen-bond donors (Lipinski definition) is 1. The molecule has 110 valence electrons. The van der Waals surface area contributed by atoms with Crippen LogP contribution in [-0.4, -0.2) is 56.0 Å². The van der Waals surface area contributed by atoms with Gasteiger partial charge in [0, 0.05) is 31.6 Å². The van der Waals surface area contributed by atoms with E-state index < -0.39 is 5.60 Å². The Balaban J connectivity index is 1.98. The van der Waals surface area contributed by atoms with Crippen molar-refractivity contribution in [3.8, 4) is 0 Å². The standard InChI is InChI=1S/C14H26N2O3/c1-13(2,3)19-12(17)16-7-4-5-14(10-16)9-15-6-8-18-11-14/h15H,4-11H2,1-3H3/t14-/m1/s1. The first-order chi connectivity index (χ1) is 8.90. The van der Waals surface area contributed by atoms with Gasteiger partial charge >= 0.3 is 6.09 Å². The Labute approximate surface area is 115 Å². The van der Waals surface area contributed by atoms with E-state index in [1.54, 1.807) is 0 Å². The highest BCUT2D eigenvalue weighted by Gasteiger charge is 2.39. The molecule has 19 heavy (non-hydrogen) atoms. The number of piperidine rings is 1. The molecule has 1 N–H and O–H groups in total. The SMILES string of the molecule is CC(C)(C)OC(=O)N1CCC[C@@]2(CNCCOC2)C1. The van der Waals surface area contributed by atoms with Crippen molar-refractivity contribution in [2.24, 2.45) is 5.41 Å². The molecular weight excluding hydrogens is 244 g/mol. The summed E-state index contributed by atoms with van der Waals surface area (Å²) in [5, 5.41) is 3.41. The van der Waals surface area contributed by atoms with Crippen LogP contribution in [0.25, 0.3) is 0 Å². The van der Waals surface area contributed by atoms with Crippen LogP contribution in [0.1, 0.15) is 33.6 Å². The maximum absolute atomic E-state index is 12.2. The summed E-state index contributed by atoms with van der Waals surface area (Å²) in [5.41, 5.74) is -0.369. The Morgan fingerprint density at radius 2 is 2.21 bits per heavy atom. The van der Waals surface area contributed by atoms with E-state index in [0.29, 0.717) is 0 Å². The zero-order valence-corrected chi connectivity index (χ0v) is 12.3. The molecule has 0 saturated carbocycles. The maximum atomic E-state index is 12.2. The fourth-order valence-electron chi connectivity index (χ4n) is 2.79. The van der Waals surface area contributed by atoms with Crippen molar-refractivity contribution < 1.29 is 14.3 Å². The van der Waals surface area contributed by atoms with Crippen molar-refractivity contribution in [2.45, 2.75) is 39.2 Å². The Morgan fingerprint density at radius 3 is 2.95 bits per heavy atom. The summed E-state index contributed by atoms with van der Waals surface area (Å²) in [4.78, 5) is 14.0. The van der Waals surface area contributed by atoms with Gasteiger partial charge in [-0.1, -0.05) is 0 Å². The normalized spacial score (nSPS) is 29.1. The summed E-state index contributed by atoms with van der Waals surface area (Å²) < 4.78 is 11.1. The molecule has 0 aromatic carbocycles. The van der Waals surface area contributed by atoms with Crippen LogP contribution >= 0.6 is 0 Å². The number of carbonyl (C=O) groups is 1. The number of hydrogen-bond acceptors (Lipinski definition) is 4. The molecule has 2 fully saturated rings. The predicted molar refractivity (Wildman–Crippen MR) is 73.2 cm³/mol.